The van der Waals surface area contributed by atoms with Gasteiger partial charge in [-0.05, 0) is 18.8 Å². The summed E-state index contributed by atoms with van der Waals surface area (Å²) in [6.45, 7) is 2.46. The molecule has 0 aromatic heterocycles. The lowest BCUT2D eigenvalue weighted by Gasteiger charge is -2.32. The Kier molecular flexibility index (Phi) is 3.59. The zero-order chi connectivity index (χ0) is 9.90. The van der Waals surface area contributed by atoms with Crippen LogP contribution in [-0.2, 0) is 0 Å². The Bertz CT molecular complexity index is 147. The number of halogens is 3. The Hall–Kier alpha value is -0.250. The van der Waals surface area contributed by atoms with E-state index in [1.54, 1.807) is 0 Å². The van der Waals surface area contributed by atoms with Gasteiger partial charge in [0.15, 0.2) is 0 Å². The maximum atomic E-state index is 12.2. The zero-order valence-electron chi connectivity index (χ0n) is 7.90. The molecule has 0 aromatic carbocycles. The molecule has 0 atom stereocenters. The van der Waals surface area contributed by atoms with Crippen molar-refractivity contribution in [2.45, 2.75) is 38.9 Å². The predicted octanol–water partition coefficient (Wildman–Crippen LogP) is 3.02. The first-order valence-corrected chi connectivity index (χ1v) is 4.85. The van der Waals surface area contributed by atoms with Crippen LogP contribution in [0.15, 0.2) is 0 Å². The normalized spacial score (nSPS) is 22.2. The quantitative estimate of drug-likeness (QED) is 0.612. The van der Waals surface area contributed by atoms with Crippen molar-refractivity contribution in [3.05, 3.63) is 0 Å². The second-order valence-electron chi connectivity index (χ2n) is 3.69. The number of piperidine rings is 1. The molecule has 1 aliphatic rings. The molecule has 13 heavy (non-hydrogen) atoms. The van der Waals surface area contributed by atoms with Gasteiger partial charge in [0.1, 0.15) is 0 Å². The molecule has 0 spiro atoms. The molecule has 78 valence electrons. The summed E-state index contributed by atoms with van der Waals surface area (Å²) in [5.74, 6) is 0.517. The highest BCUT2D eigenvalue weighted by Crippen LogP contribution is 2.29. The van der Waals surface area contributed by atoms with E-state index in [2.05, 4.69) is 6.92 Å². The molecule has 0 amide bonds. The van der Waals surface area contributed by atoms with Crippen LogP contribution in [0.25, 0.3) is 0 Å². The molecule has 0 radical (unpaired) electrons. The Balaban J connectivity index is 2.30. The van der Waals surface area contributed by atoms with E-state index in [-0.39, 0.29) is 13.1 Å². The summed E-state index contributed by atoms with van der Waals surface area (Å²) in [5.41, 5.74) is 0. The van der Waals surface area contributed by atoms with E-state index >= 15 is 0 Å². The van der Waals surface area contributed by atoms with Gasteiger partial charge >= 0.3 is 6.30 Å². The van der Waals surface area contributed by atoms with Crippen molar-refractivity contribution in [3.8, 4) is 0 Å². The van der Waals surface area contributed by atoms with Gasteiger partial charge in [-0.25, -0.2) is 4.90 Å². The molecule has 0 aliphatic carbocycles. The van der Waals surface area contributed by atoms with E-state index in [0.717, 1.165) is 12.8 Å². The molecule has 0 unspecified atom stereocenters. The predicted molar refractivity (Wildman–Crippen MR) is 45.3 cm³/mol. The van der Waals surface area contributed by atoms with Crippen LogP contribution in [0.2, 0.25) is 0 Å². The summed E-state index contributed by atoms with van der Waals surface area (Å²) >= 11 is 0. The fourth-order valence-electron chi connectivity index (χ4n) is 1.88. The van der Waals surface area contributed by atoms with Crippen LogP contribution in [0.5, 0.6) is 0 Å². The summed E-state index contributed by atoms with van der Waals surface area (Å²) in [7, 11) is 0. The summed E-state index contributed by atoms with van der Waals surface area (Å²) in [6, 6.07) is 0. The van der Waals surface area contributed by atoms with E-state index < -0.39 is 6.30 Å². The molecule has 1 nitrogen and oxygen atoms in total. The van der Waals surface area contributed by atoms with E-state index in [4.69, 9.17) is 0 Å². The molecule has 1 saturated heterocycles. The largest absolute Gasteiger partial charge is 0.459 e. The molecule has 0 N–H and O–H groups in total. The molecule has 1 aliphatic heterocycles. The van der Waals surface area contributed by atoms with E-state index in [1.807, 2.05) is 0 Å². The Morgan fingerprint density at radius 1 is 1.23 bits per heavy atom. The summed E-state index contributed by atoms with van der Waals surface area (Å²) < 4.78 is 36.5. The second-order valence-corrected chi connectivity index (χ2v) is 3.69. The van der Waals surface area contributed by atoms with Crippen molar-refractivity contribution < 1.29 is 13.2 Å². The van der Waals surface area contributed by atoms with Gasteiger partial charge in [0.25, 0.3) is 0 Å². The first-order chi connectivity index (χ1) is 6.04. The molecule has 0 saturated carbocycles. The molecule has 0 bridgehead atoms. The third kappa shape index (κ3) is 3.18. The van der Waals surface area contributed by atoms with Gasteiger partial charge in [0, 0.05) is 13.1 Å². The van der Waals surface area contributed by atoms with Crippen molar-refractivity contribution >= 4 is 0 Å². The Morgan fingerprint density at radius 2 is 1.77 bits per heavy atom. The minimum atomic E-state index is -4.11. The maximum absolute atomic E-state index is 12.2. The van der Waals surface area contributed by atoms with Gasteiger partial charge in [-0.3, -0.25) is 0 Å². The zero-order valence-corrected chi connectivity index (χ0v) is 7.90. The van der Waals surface area contributed by atoms with Crippen LogP contribution in [0.3, 0.4) is 0 Å². The van der Waals surface area contributed by atoms with Crippen molar-refractivity contribution in [2.75, 3.05) is 13.1 Å². The number of likely N-dealkylation sites (tertiary alicyclic amines) is 1. The van der Waals surface area contributed by atoms with Gasteiger partial charge in [-0.1, -0.05) is 19.8 Å². The molecule has 1 rings (SSSR count). The fraction of sp³-hybridized carbons (Fsp3) is 1.00. The van der Waals surface area contributed by atoms with Crippen LogP contribution >= 0.6 is 0 Å². The second kappa shape index (κ2) is 4.31. The van der Waals surface area contributed by atoms with Crippen molar-refractivity contribution in [2.24, 2.45) is 5.92 Å². The average molecular weight is 195 g/mol. The molecule has 1 heterocycles. The van der Waals surface area contributed by atoms with Crippen LogP contribution in [0, 0.1) is 5.92 Å². The van der Waals surface area contributed by atoms with Crippen LogP contribution in [0.4, 0.5) is 13.2 Å². The minimum Gasteiger partial charge on any atom is -0.214 e. The molecular weight excluding hydrogens is 179 g/mol. The molecule has 4 heteroatoms. The maximum Gasteiger partial charge on any atom is 0.459 e. The number of alkyl halides is 3. The van der Waals surface area contributed by atoms with Crippen molar-refractivity contribution in [1.82, 2.24) is 4.90 Å². The van der Waals surface area contributed by atoms with Crippen LogP contribution in [0.1, 0.15) is 32.6 Å². The lowest BCUT2D eigenvalue weighted by Crippen LogP contribution is -2.43. The first kappa shape index (κ1) is 10.8. The molecular formula is C9H16F3N. The van der Waals surface area contributed by atoms with Crippen molar-refractivity contribution in [3.63, 3.8) is 0 Å². The minimum absolute atomic E-state index is 0.189. The average Bonchev–Trinajstić information content (AvgIpc) is 2.04. The van der Waals surface area contributed by atoms with Gasteiger partial charge in [-0.15, -0.1) is 0 Å². The van der Waals surface area contributed by atoms with E-state index in [9.17, 15) is 13.2 Å². The fourth-order valence-corrected chi connectivity index (χ4v) is 1.88. The van der Waals surface area contributed by atoms with E-state index in [1.165, 1.54) is 0 Å². The van der Waals surface area contributed by atoms with E-state index in [0.29, 0.717) is 23.7 Å². The summed E-state index contributed by atoms with van der Waals surface area (Å²) in [5, 5.41) is 0. The third-order valence-electron chi connectivity index (χ3n) is 2.67. The molecule has 0 aromatic rings. The Morgan fingerprint density at radius 3 is 2.15 bits per heavy atom. The lowest BCUT2D eigenvalue weighted by atomic mass is 9.93. The standard InChI is InChI=1S/C9H16F3N/c1-2-3-8-4-6-13(7-5-8)9(10,11)12/h8H,2-7H2,1H3. The number of hydrogen-bond acceptors (Lipinski definition) is 1. The highest BCUT2D eigenvalue weighted by molar-refractivity contribution is 4.73. The van der Waals surface area contributed by atoms with Gasteiger partial charge in [0.05, 0.1) is 0 Å². The smallest absolute Gasteiger partial charge is 0.214 e. The number of rotatable bonds is 2. The summed E-state index contributed by atoms with van der Waals surface area (Å²) in [4.78, 5) is 0.624. The topological polar surface area (TPSA) is 3.24 Å². The summed E-state index contributed by atoms with van der Waals surface area (Å²) in [6.07, 6.45) is -0.555. The van der Waals surface area contributed by atoms with Crippen molar-refractivity contribution in [1.29, 1.82) is 0 Å². The number of nitrogens with zero attached hydrogens (tertiary/aromatic N) is 1. The van der Waals surface area contributed by atoms with Gasteiger partial charge in [-0.2, -0.15) is 13.2 Å². The first-order valence-electron chi connectivity index (χ1n) is 4.85. The van der Waals surface area contributed by atoms with Crippen LogP contribution in [-0.4, -0.2) is 24.3 Å². The number of hydrogen-bond donors (Lipinski definition) is 0. The highest BCUT2D eigenvalue weighted by Gasteiger charge is 2.38. The van der Waals surface area contributed by atoms with Gasteiger partial charge < -0.3 is 0 Å². The molecule has 1 fully saturated rings. The SMILES string of the molecule is CCCC1CCN(C(F)(F)F)CC1. The monoisotopic (exact) mass is 195 g/mol. The van der Waals surface area contributed by atoms with Crippen LogP contribution < -0.4 is 0 Å². The Labute approximate surface area is 76.9 Å². The highest BCUT2D eigenvalue weighted by atomic mass is 19.4. The van der Waals surface area contributed by atoms with Gasteiger partial charge in [0.2, 0.25) is 0 Å². The third-order valence-corrected chi connectivity index (χ3v) is 2.67. The lowest BCUT2D eigenvalue weighted by molar-refractivity contribution is -0.251.